The van der Waals surface area contributed by atoms with Gasteiger partial charge in [0, 0.05) is 12.2 Å². The van der Waals surface area contributed by atoms with Crippen LogP contribution in [0.25, 0.3) is 0 Å². The van der Waals surface area contributed by atoms with Crippen LogP contribution in [0.4, 0.5) is 10.5 Å². The molecule has 1 aromatic carbocycles. The van der Waals surface area contributed by atoms with Gasteiger partial charge in [-0.15, -0.1) is 0 Å². The van der Waals surface area contributed by atoms with Gasteiger partial charge in [-0.25, -0.2) is 9.78 Å². The van der Waals surface area contributed by atoms with Crippen LogP contribution in [0, 0.1) is 6.92 Å². The van der Waals surface area contributed by atoms with E-state index in [1.54, 1.807) is 0 Å². The van der Waals surface area contributed by atoms with Crippen molar-refractivity contribution >= 4 is 11.8 Å². The predicted octanol–water partition coefficient (Wildman–Crippen LogP) is 3.35. The molecule has 6 heteroatoms. The predicted molar refractivity (Wildman–Crippen MR) is 90.2 cm³/mol. The molecule has 0 bridgehead atoms. The number of alkyl carbamates (subject to hydrolysis) is 1. The van der Waals surface area contributed by atoms with Crippen LogP contribution in [-0.4, -0.2) is 21.7 Å². The maximum atomic E-state index is 11.7. The Morgan fingerprint density at radius 2 is 2.09 bits per heavy atom. The summed E-state index contributed by atoms with van der Waals surface area (Å²) in [5, 5.41) is 6.08. The molecule has 2 rings (SSSR count). The van der Waals surface area contributed by atoms with E-state index < -0.39 is 11.7 Å². The van der Waals surface area contributed by atoms with Crippen LogP contribution >= 0.6 is 0 Å². The van der Waals surface area contributed by atoms with Crippen molar-refractivity contribution in [3.63, 3.8) is 0 Å². The number of H-pyrrole nitrogens is 1. The van der Waals surface area contributed by atoms with Gasteiger partial charge in [0.1, 0.15) is 11.4 Å². The highest BCUT2D eigenvalue weighted by Crippen LogP contribution is 2.12. The van der Waals surface area contributed by atoms with Gasteiger partial charge >= 0.3 is 6.09 Å². The van der Waals surface area contributed by atoms with Gasteiger partial charge in [0.25, 0.3) is 0 Å². The maximum Gasteiger partial charge on any atom is 0.407 e. The lowest BCUT2D eigenvalue weighted by atomic mass is 10.2. The lowest BCUT2D eigenvalue weighted by Crippen LogP contribution is -2.32. The van der Waals surface area contributed by atoms with E-state index in [0.717, 1.165) is 22.8 Å². The second-order valence-electron chi connectivity index (χ2n) is 6.40. The summed E-state index contributed by atoms with van der Waals surface area (Å²) >= 11 is 0. The lowest BCUT2D eigenvalue weighted by molar-refractivity contribution is 0.0523. The van der Waals surface area contributed by atoms with Crippen molar-refractivity contribution in [1.82, 2.24) is 15.3 Å². The number of amides is 1. The molecule has 6 nitrogen and oxygen atoms in total. The van der Waals surface area contributed by atoms with Gasteiger partial charge in [0.05, 0.1) is 18.4 Å². The first-order chi connectivity index (χ1) is 10.8. The normalized spacial score (nSPS) is 11.1. The Morgan fingerprint density at radius 1 is 1.30 bits per heavy atom. The van der Waals surface area contributed by atoms with Crippen LogP contribution < -0.4 is 10.6 Å². The van der Waals surface area contributed by atoms with E-state index in [4.69, 9.17) is 4.74 Å². The number of hydrogen-bond donors (Lipinski definition) is 3. The van der Waals surface area contributed by atoms with Crippen LogP contribution in [0.5, 0.6) is 0 Å². The quantitative estimate of drug-likeness (QED) is 0.790. The van der Waals surface area contributed by atoms with Crippen molar-refractivity contribution in [2.45, 2.75) is 46.4 Å². The minimum absolute atomic E-state index is 0.413. The van der Waals surface area contributed by atoms with Crippen LogP contribution in [0.1, 0.15) is 37.9 Å². The molecule has 0 unspecified atom stereocenters. The highest BCUT2D eigenvalue weighted by atomic mass is 16.6. The molecule has 0 aliphatic carbocycles. The van der Waals surface area contributed by atoms with Gasteiger partial charge in [-0.05, 0) is 45.4 Å². The molecule has 2 aromatic rings. The maximum absolute atomic E-state index is 11.7. The molecule has 0 fully saturated rings. The minimum atomic E-state index is -0.490. The smallest absolute Gasteiger partial charge is 0.407 e. The number of aromatic nitrogens is 2. The van der Waals surface area contributed by atoms with E-state index in [0.29, 0.717) is 13.1 Å². The summed E-state index contributed by atoms with van der Waals surface area (Å²) in [6, 6.07) is 7.90. The fraction of sp³-hybridized carbons (Fsp3) is 0.412. The largest absolute Gasteiger partial charge is 0.444 e. The van der Waals surface area contributed by atoms with Crippen molar-refractivity contribution in [3.05, 3.63) is 47.5 Å². The number of nitrogens with zero attached hydrogens (tertiary/aromatic N) is 1. The van der Waals surface area contributed by atoms with E-state index >= 15 is 0 Å². The molecule has 0 spiro atoms. The van der Waals surface area contributed by atoms with Crippen molar-refractivity contribution in [3.8, 4) is 0 Å². The zero-order valence-corrected chi connectivity index (χ0v) is 14.1. The number of aromatic amines is 1. The fourth-order valence-electron chi connectivity index (χ4n) is 2.04. The lowest BCUT2D eigenvalue weighted by Gasteiger charge is -2.19. The van der Waals surface area contributed by atoms with Crippen LogP contribution in [-0.2, 0) is 17.8 Å². The zero-order valence-electron chi connectivity index (χ0n) is 14.1. The molecular weight excluding hydrogens is 292 g/mol. The fourth-order valence-corrected chi connectivity index (χ4v) is 2.04. The average molecular weight is 316 g/mol. The summed E-state index contributed by atoms with van der Waals surface area (Å²) in [6.45, 7) is 8.54. The first-order valence-electron chi connectivity index (χ1n) is 7.62. The molecule has 23 heavy (non-hydrogen) atoms. The highest BCUT2D eigenvalue weighted by molar-refractivity contribution is 5.67. The van der Waals surface area contributed by atoms with Crippen molar-refractivity contribution < 1.29 is 9.53 Å². The van der Waals surface area contributed by atoms with Crippen molar-refractivity contribution in [2.75, 3.05) is 5.32 Å². The SMILES string of the molecule is Cc1ncc(CNc2cccc(CNC(=O)OC(C)(C)C)c2)[nH]1. The van der Waals surface area contributed by atoms with E-state index in [2.05, 4.69) is 20.6 Å². The van der Waals surface area contributed by atoms with Gasteiger partial charge in [-0.2, -0.15) is 0 Å². The molecule has 1 heterocycles. The number of anilines is 1. The number of benzene rings is 1. The van der Waals surface area contributed by atoms with Crippen LogP contribution in [0.15, 0.2) is 30.5 Å². The number of aryl methyl sites for hydroxylation is 1. The summed E-state index contributed by atoms with van der Waals surface area (Å²) < 4.78 is 5.22. The van der Waals surface area contributed by atoms with E-state index in [1.165, 1.54) is 0 Å². The molecule has 0 radical (unpaired) electrons. The van der Waals surface area contributed by atoms with Gasteiger partial charge in [0.2, 0.25) is 0 Å². The first kappa shape index (κ1) is 16.9. The van der Waals surface area contributed by atoms with Gasteiger partial charge in [0.15, 0.2) is 0 Å². The summed E-state index contributed by atoms with van der Waals surface area (Å²) in [6.07, 6.45) is 1.40. The molecule has 0 aliphatic heterocycles. The summed E-state index contributed by atoms with van der Waals surface area (Å²) in [5.41, 5.74) is 2.53. The average Bonchev–Trinajstić information content (AvgIpc) is 2.87. The standard InChI is InChI=1S/C17H24N4O2/c1-12-18-10-15(21-12)11-19-14-7-5-6-13(8-14)9-20-16(22)23-17(2,3)4/h5-8,10,19H,9,11H2,1-4H3,(H,18,21)(H,20,22). The molecule has 3 N–H and O–H groups in total. The van der Waals surface area contributed by atoms with Gasteiger partial charge < -0.3 is 20.4 Å². The summed E-state index contributed by atoms with van der Waals surface area (Å²) in [5.74, 6) is 0.900. The van der Waals surface area contributed by atoms with Gasteiger partial charge in [-0.3, -0.25) is 0 Å². The molecule has 0 saturated carbocycles. The Balaban J connectivity index is 1.85. The first-order valence-corrected chi connectivity index (χ1v) is 7.62. The summed E-state index contributed by atoms with van der Waals surface area (Å²) in [4.78, 5) is 19.0. The number of rotatable bonds is 5. The molecule has 0 atom stereocenters. The Bertz CT molecular complexity index is 659. The number of carbonyl (C=O) groups excluding carboxylic acids is 1. The minimum Gasteiger partial charge on any atom is -0.444 e. The molecule has 0 saturated heterocycles. The third-order valence-electron chi connectivity index (χ3n) is 3.00. The molecular formula is C17H24N4O2. The second-order valence-corrected chi connectivity index (χ2v) is 6.40. The molecule has 1 aromatic heterocycles. The number of carbonyl (C=O) groups is 1. The van der Waals surface area contributed by atoms with Crippen LogP contribution in [0.2, 0.25) is 0 Å². The molecule has 0 aliphatic rings. The summed E-state index contributed by atoms with van der Waals surface area (Å²) in [7, 11) is 0. The Labute approximate surface area is 136 Å². The highest BCUT2D eigenvalue weighted by Gasteiger charge is 2.15. The number of hydrogen-bond acceptors (Lipinski definition) is 4. The molecule has 124 valence electrons. The molecule has 1 amide bonds. The Morgan fingerprint density at radius 3 is 2.74 bits per heavy atom. The van der Waals surface area contributed by atoms with E-state index in [9.17, 15) is 4.79 Å². The topological polar surface area (TPSA) is 79.0 Å². The zero-order chi connectivity index (χ0) is 16.9. The van der Waals surface area contributed by atoms with Crippen LogP contribution in [0.3, 0.4) is 0 Å². The number of nitrogens with one attached hydrogen (secondary N) is 3. The number of ether oxygens (including phenoxy) is 1. The van der Waals surface area contributed by atoms with E-state index in [-0.39, 0.29) is 0 Å². The van der Waals surface area contributed by atoms with Crippen molar-refractivity contribution in [2.24, 2.45) is 0 Å². The Kier molecular flexibility index (Phi) is 5.26. The third-order valence-corrected chi connectivity index (χ3v) is 3.00. The van der Waals surface area contributed by atoms with Crippen molar-refractivity contribution in [1.29, 1.82) is 0 Å². The monoisotopic (exact) mass is 316 g/mol. The number of imidazole rings is 1. The van der Waals surface area contributed by atoms with E-state index in [1.807, 2.05) is 58.2 Å². The Hall–Kier alpha value is -2.50. The second kappa shape index (κ2) is 7.17. The third kappa shape index (κ3) is 6.02. The van der Waals surface area contributed by atoms with Gasteiger partial charge in [-0.1, -0.05) is 12.1 Å².